The van der Waals surface area contributed by atoms with Crippen molar-refractivity contribution in [2.45, 2.75) is 12.5 Å². The standard InChI is InChI=1S/C10H13N3O6/c1-10(4-14,5-15)12-8-7(13(18)19)3-2-6(11-8)9(16)17/h2-3,14-15H,4-5H2,1H3,(H,11,12)(H,16,17). The van der Waals surface area contributed by atoms with Crippen LogP contribution in [0.15, 0.2) is 12.1 Å². The van der Waals surface area contributed by atoms with Gasteiger partial charge in [-0.2, -0.15) is 0 Å². The van der Waals surface area contributed by atoms with E-state index in [-0.39, 0.29) is 11.5 Å². The van der Waals surface area contributed by atoms with Gasteiger partial charge < -0.3 is 20.6 Å². The van der Waals surface area contributed by atoms with E-state index >= 15 is 0 Å². The molecule has 19 heavy (non-hydrogen) atoms. The van der Waals surface area contributed by atoms with Crippen molar-refractivity contribution in [3.8, 4) is 0 Å². The summed E-state index contributed by atoms with van der Waals surface area (Å²) in [5.41, 5.74) is -2.08. The molecule has 104 valence electrons. The first-order chi connectivity index (χ1) is 8.83. The fourth-order valence-electron chi connectivity index (χ4n) is 1.23. The molecule has 0 aromatic carbocycles. The Balaban J connectivity index is 3.25. The number of nitrogens with zero attached hydrogens (tertiary/aromatic N) is 2. The molecule has 1 rings (SSSR count). The summed E-state index contributed by atoms with van der Waals surface area (Å²) >= 11 is 0. The van der Waals surface area contributed by atoms with Crippen molar-refractivity contribution in [1.29, 1.82) is 0 Å². The van der Waals surface area contributed by atoms with E-state index < -0.39 is 35.3 Å². The molecule has 0 spiro atoms. The lowest BCUT2D eigenvalue weighted by molar-refractivity contribution is -0.384. The van der Waals surface area contributed by atoms with Crippen molar-refractivity contribution in [1.82, 2.24) is 4.98 Å². The van der Waals surface area contributed by atoms with Crippen molar-refractivity contribution in [3.05, 3.63) is 27.9 Å². The normalized spacial score (nSPS) is 11.1. The van der Waals surface area contributed by atoms with Crippen LogP contribution < -0.4 is 5.32 Å². The number of rotatable bonds is 6. The second-order valence-corrected chi connectivity index (χ2v) is 4.13. The summed E-state index contributed by atoms with van der Waals surface area (Å²) in [6.45, 7) is 0.380. The SMILES string of the molecule is CC(CO)(CO)Nc1nc(C(=O)O)ccc1[N+](=O)[O-]. The quantitative estimate of drug-likeness (QED) is 0.412. The lowest BCUT2D eigenvalue weighted by atomic mass is 10.1. The van der Waals surface area contributed by atoms with Crippen molar-refractivity contribution in [2.75, 3.05) is 18.5 Å². The fraction of sp³-hybridized carbons (Fsp3) is 0.400. The second kappa shape index (κ2) is 5.59. The van der Waals surface area contributed by atoms with Crippen LogP contribution in [0.3, 0.4) is 0 Å². The first-order valence-electron chi connectivity index (χ1n) is 5.21. The highest BCUT2D eigenvalue weighted by Crippen LogP contribution is 2.25. The summed E-state index contributed by atoms with van der Waals surface area (Å²) in [5.74, 6) is -1.66. The average Bonchev–Trinajstić information content (AvgIpc) is 2.38. The number of carbonyl (C=O) groups is 1. The number of nitro groups is 1. The molecule has 0 atom stereocenters. The largest absolute Gasteiger partial charge is 0.477 e. The van der Waals surface area contributed by atoms with E-state index in [4.69, 9.17) is 15.3 Å². The van der Waals surface area contributed by atoms with Gasteiger partial charge in [-0.3, -0.25) is 10.1 Å². The number of aromatic carboxylic acids is 1. The Morgan fingerprint density at radius 2 is 2.05 bits per heavy atom. The fourth-order valence-corrected chi connectivity index (χ4v) is 1.23. The van der Waals surface area contributed by atoms with E-state index in [2.05, 4.69) is 10.3 Å². The van der Waals surface area contributed by atoms with Gasteiger partial charge in [0, 0.05) is 6.07 Å². The molecule has 0 aliphatic carbocycles. The Hall–Kier alpha value is -2.26. The Labute approximate surface area is 107 Å². The molecule has 9 nitrogen and oxygen atoms in total. The van der Waals surface area contributed by atoms with Crippen molar-refractivity contribution >= 4 is 17.5 Å². The third kappa shape index (κ3) is 3.36. The number of hydrogen-bond acceptors (Lipinski definition) is 7. The van der Waals surface area contributed by atoms with Crippen LogP contribution in [0.4, 0.5) is 11.5 Å². The monoisotopic (exact) mass is 271 g/mol. The zero-order chi connectivity index (χ0) is 14.6. The summed E-state index contributed by atoms with van der Waals surface area (Å²) < 4.78 is 0. The second-order valence-electron chi connectivity index (χ2n) is 4.13. The summed E-state index contributed by atoms with van der Waals surface area (Å²) in [6.07, 6.45) is 0. The third-order valence-electron chi connectivity index (χ3n) is 2.41. The van der Waals surface area contributed by atoms with E-state index in [1.807, 2.05) is 0 Å². The Morgan fingerprint density at radius 1 is 1.47 bits per heavy atom. The van der Waals surface area contributed by atoms with E-state index in [0.717, 1.165) is 12.1 Å². The molecule has 0 aliphatic rings. The van der Waals surface area contributed by atoms with Crippen LogP contribution in [-0.2, 0) is 0 Å². The van der Waals surface area contributed by atoms with Crippen LogP contribution in [0.25, 0.3) is 0 Å². The van der Waals surface area contributed by atoms with E-state index in [1.165, 1.54) is 6.92 Å². The molecule has 9 heteroatoms. The number of aliphatic hydroxyl groups excluding tert-OH is 2. The number of pyridine rings is 1. The highest BCUT2D eigenvalue weighted by molar-refractivity contribution is 5.86. The maximum absolute atomic E-state index is 10.8. The zero-order valence-electron chi connectivity index (χ0n) is 10.0. The van der Waals surface area contributed by atoms with Crippen LogP contribution in [0.1, 0.15) is 17.4 Å². The van der Waals surface area contributed by atoms with Gasteiger partial charge in [-0.1, -0.05) is 0 Å². The van der Waals surface area contributed by atoms with Crippen molar-refractivity contribution < 1.29 is 25.0 Å². The van der Waals surface area contributed by atoms with Gasteiger partial charge in [0.2, 0.25) is 5.82 Å². The molecule has 0 fully saturated rings. The van der Waals surface area contributed by atoms with Crippen LogP contribution >= 0.6 is 0 Å². The van der Waals surface area contributed by atoms with Gasteiger partial charge in [0.15, 0.2) is 5.69 Å². The minimum absolute atomic E-state index is 0.324. The van der Waals surface area contributed by atoms with Gasteiger partial charge in [0.25, 0.3) is 0 Å². The van der Waals surface area contributed by atoms with Crippen molar-refractivity contribution in [2.24, 2.45) is 0 Å². The van der Waals surface area contributed by atoms with Gasteiger partial charge in [-0.25, -0.2) is 9.78 Å². The molecule has 0 bridgehead atoms. The summed E-state index contributed by atoms with van der Waals surface area (Å²) in [7, 11) is 0. The summed E-state index contributed by atoms with van der Waals surface area (Å²) in [6, 6.07) is 1.99. The predicted molar refractivity (Wildman–Crippen MR) is 64.1 cm³/mol. The van der Waals surface area contributed by atoms with Crippen molar-refractivity contribution in [3.63, 3.8) is 0 Å². The maximum Gasteiger partial charge on any atom is 0.354 e. The van der Waals surface area contributed by atoms with E-state index in [0.29, 0.717) is 0 Å². The lowest BCUT2D eigenvalue weighted by Gasteiger charge is -2.26. The molecule has 4 N–H and O–H groups in total. The lowest BCUT2D eigenvalue weighted by Crippen LogP contribution is -2.43. The molecule has 0 aliphatic heterocycles. The predicted octanol–water partition coefficient (Wildman–Crippen LogP) is -0.157. The molecular weight excluding hydrogens is 258 g/mol. The number of aliphatic hydroxyl groups is 2. The molecular formula is C10H13N3O6. The molecule has 0 radical (unpaired) electrons. The van der Waals surface area contributed by atoms with Gasteiger partial charge in [-0.05, 0) is 13.0 Å². The number of aromatic nitrogens is 1. The number of anilines is 1. The molecule has 0 saturated heterocycles. The van der Waals surface area contributed by atoms with Gasteiger partial charge in [-0.15, -0.1) is 0 Å². The topological polar surface area (TPSA) is 146 Å². The summed E-state index contributed by atoms with van der Waals surface area (Å²) in [5, 5.41) is 40.3. The minimum Gasteiger partial charge on any atom is -0.477 e. The van der Waals surface area contributed by atoms with Crippen LogP contribution in [0.2, 0.25) is 0 Å². The smallest absolute Gasteiger partial charge is 0.354 e. The van der Waals surface area contributed by atoms with Gasteiger partial charge >= 0.3 is 11.7 Å². The Bertz CT molecular complexity index is 500. The van der Waals surface area contributed by atoms with Gasteiger partial charge in [0.05, 0.1) is 23.7 Å². The molecule has 1 heterocycles. The highest BCUT2D eigenvalue weighted by atomic mass is 16.6. The number of nitrogens with one attached hydrogen (secondary N) is 1. The number of carboxylic acids is 1. The molecule has 0 saturated carbocycles. The molecule has 1 aromatic rings. The average molecular weight is 271 g/mol. The first kappa shape index (κ1) is 14.8. The highest BCUT2D eigenvalue weighted by Gasteiger charge is 2.27. The Kier molecular flexibility index (Phi) is 4.35. The van der Waals surface area contributed by atoms with Crippen LogP contribution in [-0.4, -0.2) is 49.9 Å². The Morgan fingerprint density at radius 3 is 2.47 bits per heavy atom. The number of carboxylic acid groups (broad SMARTS) is 1. The van der Waals surface area contributed by atoms with E-state index in [9.17, 15) is 14.9 Å². The maximum atomic E-state index is 10.8. The van der Waals surface area contributed by atoms with E-state index in [1.54, 1.807) is 0 Å². The first-order valence-corrected chi connectivity index (χ1v) is 5.21. The zero-order valence-corrected chi connectivity index (χ0v) is 10.0. The van der Waals surface area contributed by atoms with Gasteiger partial charge in [0.1, 0.15) is 0 Å². The third-order valence-corrected chi connectivity index (χ3v) is 2.41. The summed E-state index contributed by atoms with van der Waals surface area (Å²) in [4.78, 5) is 24.5. The minimum atomic E-state index is -1.34. The number of hydrogen-bond donors (Lipinski definition) is 4. The van der Waals surface area contributed by atoms with Crippen LogP contribution in [0.5, 0.6) is 0 Å². The molecule has 1 aromatic heterocycles. The molecule has 0 amide bonds. The van der Waals surface area contributed by atoms with Crippen LogP contribution in [0, 0.1) is 10.1 Å². The molecule has 0 unspecified atom stereocenters.